The van der Waals surface area contributed by atoms with Crippen molar-refractivity contribution < 1.29 is 0 Å². The van der Waals surface area contributed by atoms with Crippen LogP contribution in [0.2, 0.25) is 0 Å². The van der Waals surface area contributed by atoms with Crippen molar-refractivity contribution >= 4 is 85.6 Å². The largest absolute Gasteiger partial charge is 0.252 e. The molecule has 0 aliphatic heterocycles. The molecule has 2 heterocycles. The summed E-state index contributed by atoms with van der Waals surface area (Å²) >= 11 is 1.91. The van der Waals surface area contributed by atoms with Crippen LogP contribution in [0.4, 0.5) is 0 Å². The third-order valence-corrected chi connectivity index (χ3v) is 10.3. The molecule has 0 aliphatic rings. The van der Waals surface area contributed by atoms with E-state index in [0.29, 0.717) is 0 Å². The molecule has 0 amide bonds. The number of hydrogen-bond acceptors (Lipinski definition) is 3. The van der Waals surface area contributed by atoms with Crippen LogP contribution in [0, 0.1) is 0 Å². The first-order valence-electron chi connectivity index (χ1n) is 14.6. The molecule has 0 radical (unpaired) electrons. The molecule has 0 saturated carbocycles. The quantitative estimate of drug-likeness (QED) is 0.196. The molecule has 0 fully saturated rings. The zero-order chi connectivity index (χ0) is 28.1. The smallest absolute Gasteiger partial charge is 0.0971 e. The van der Waals surface area contributed by atoms with E-state index in [2.05, 4.69) is 121 Å². The summed E-state index contributed by atoms with van der Waals surface area (Å²) in [6.07, 6.45) is 3.57. The average molecular weight is 563 g/mol. The van der Waals surface area contributed by atoms with Gasteiger partial charge >= 0.3 is 0 Å². The van der Waals surface area contributed by atoms with E-state index < -0.39 is 0 Å². The second kappa shape index (κ2) is 8.57. The summed E-state index contributed by atoms with van der Waals surface area (Å²) in [5, 5.41) is 12.6. The Morgan fingerprint density at radius 3 is 1.91 bits per heavy atom. The maximum atomic E-state index is 4.77. The highest BCUT2D eigenvalue weighted by Gasteiger charge is 2.16. The molecule has 0 bridgehead atoms. The summed E-state index contributed by atoms with van der Waals surface area (Å²) in [4.78, 5) is 9.48. The minimum Gasteiger partial charge on any atom is -0.252 e. The van der Waals surface area contributed by atoms with E-state index in [1.165, 1.54) is 74.7 Å². The lowest BCUT2D eigenvalue weighted by Crippen LogP contribution is -1.89. The number of hydrogen-bond donors (Lipinski definition) is 0. The van der Waals surface area contributed by atoms with Crippen LogP contribution < -0.4 is 0 Å². The summed E-state index contributed by atoms with van der Waals surface area (Å²) in [5.74, 6) is 0. The van der Waals surface area contributed by atoms with E-state index in [1.807, 2.05) is 11.3 Å². The van der Waals surface area contributed by atoms with Crippen molar-refractivity contribution in [2.24, 2.45) is 0 Å². The third kappa shape index (κ3) is 3.28. The fourth-order valence-electron chi connectivity index (χ4n) is 7.06. The van der Waals surface area contributed by atoms with Gasteiger partial charge in [0, 0.05) is 43.3 Å². The molecular formula is C40H22N2S. The first-order chi connectivity index (χ1) is 21.3. The lowest BCUT2D eigenvalue weighted by Gasteiger charge is -2.12. The van der Waals surface area contributed by atoms with E-state index in [4.69, 9.17) is 9.97 Å². The van der Waals surface area contributed by atoms with Crippen molar-refractivity contribution in [1.29, 1.82) is 0 Å². The molecule has 0 aliphatic carbocycles. The van der Waals surface area contributed by atoms with Crippen molar-refractivity contribution in [2.45, 2.75) is 0 Å². The highest BCUT2D eigenvalue weighted by molar-refractivity contribution is 7.26. The zero-order valence-electron chi connectivity index (χ0n) is 23.0. The monoisotopic (exact) mass is 562 g/mol. The van der Waals surface area contributed by atoms with Crippen LogP contribution in [0.1, 0.15) is 0 Å². The van der Waals surface area contributed by atoms with Gasteiger partial charge in [0.2, 0.25) is 0 Å². The Bertz CT molecular complexity index is 2700. The van der Waals surface area contributed by atoms with Gasteiger partial charge in [-0.25, -0.2) is 0 Å². The molecule has 0 N–H and O–H groups in total. The maximum Gasteiger partial charge on any atom is 0.0971 e. The molecule has 0 atom stereocenters. The second-order valence-corrected chi connectivity index (χ2v) is 12.5. The van der Waals surface area contributed by atoms with Crippen molar-refractivity contribution in [1.82, 2.24) is 9.97 Å². The lowest BCUT2D eigenvalue weighted by molar-refractivity contribution is 1.31. The Morgan fingerprint density at radius 1 is 0.419 bits per heavy atom. The van der Waals surface area contributed by atoms with Crippen LogP contribution in [0.25, 0.3) is 96.5 Å². The molecule has 10 aromatic rings. The maximum absolute atomic E-state index is 4.77. The second-order valence-electron chi connectivity index (χ2n) is 11.4. The first kappa shape index (κ1) is 23.2. The summed E-state index contributed by atoms with van der Waals surface area (Å²) in [7, 11) is 0. The van der Waals surface area contributed by atoms with E-state index >= 15 is 0 Å². The van der Waals surface area contributed by atoms with Gasteiger partial charge in [-0.15, -0.1) is 11.3 Å². The van der Waals surface area contributed by atoms with Crippen molar-refractivity contribution in [3.8, 4) is 22.3 Å². The van der Waals surface area contributed by atoms with Crippen LogP contribution in [0.5, 0.6) is 0 Å². The molecule has 0 spiro atoms. The van der Waals surface area contributed by atoms with E-state index in [0.717, 1.165) is 21.8 Å². The number of aromatic nitrogens is 2. The molecule has 3 heteroatoms. The fourth-order valence-corrected chi connectivity index (χ4v) is 8.37. The number of thiophene rings is 1. The fraction of sp³-hybridized carbons (Fsp3) is 0. The minimum absolute atomic E-state index is 0.948. The van der Waals surface area contributed by atoms with Crippen LogP contribution in [-0.2, 0) is 0 Å². The third-order valence-electron chi connectivity index (χ3n) is 9.08. The summed E-state index contributed by atoms with van der Waals surface area (Å²) in [6.45, 7) is 0. The summed E-state index contributed by atoms with van der Waals surface area (Å²) < 4.78 is 2.73. The average Bonchev–Trinajstić information content (AvgIpc) is 3.48. The highest BCUT2D eigenvalue weighted by Crippen LogP contribution is 2.45. The van der Waals surface area contributed by atoms with Crippen LogP contribution >= 0.6 is 11.3 Å². The van der Waals surface area contributed by atoms with Gasteiger partial charge in [-0.2, -0.15) is 0 Å². The van der Waals surface area contributed by atoms with Gasteiger partial charge in [0.05, 0.1) is 11.0 Å². The number of nitrogens with zero attached hydrogens (tertiary/aromatic N) is 2. The van der Waals surface area contributed by atoms with Gasteiger partial charge < -0.3 is 0 Å². The molecule has 2 aromatic heterocycles. The van der Waals surface area contributed by atoms with Gasteiger partial charge in [-0.05, 0) is 78.8 Å². The van der Waals surface area contributed by atoms with E-state index in [9.17, 15) is 0 Å². The van der Waals surface area contributed by atoms with E-state index in [-0.39, 0.29) is 0 Å². The molecule has 0 saturated heterocycles. The lowest BCUT2D eigenvalue weighted by atomic mass is 9.93. The molecule has 2 nitrogen and oxygen atoms in total. The number of benzene rings is 8. The molecule has 10 rings (SSSR count). The first-order valence-corrected chi connectivity index (χ1v) is 15.4. The summed E-state index contributed by atoms with van der Waals surface area (Å²) in [6, 6.07) is 44.7. The number of fused-ring (bicyclic) bond motifs is 7. The Hall–Kier alpha value is -5.38. The predicted molar refractivity (Wildman–Crippen MR) is 185 cm³/mol. The standard InChI is InChI=1S/C40H22N2S/c1-2-6-33-31(5-1)32-17-15-28(22-34(32)39-38(33)41-18-19-42-39)26-10-11-27-21-29(13-12-25(27)20-26)30-16-14-24-9-8-23-4-3-7-35-36(23)37(24)40(30)43-35/h1-22H. The van der Waals surface area contributed by atoms with Gasteiger partial charge in [-0.1, -0.05) is 97.1 Å². The van der Waals surface area contributed by atoms with Crippen molar-refractivity contribution in [3.63, 3.8) is 0 Å². The Balaban J connectivity index is 1.12. The van der Waals surface area contributed by atoms with Gasteiger partial charge in [0.15, 0.2) is 0 Å². The van der Waals surface area contributed by atoms with Crippen LogP contribution in [0.3, 0.4) is 0 Å². The minimum atomic E-state index is 0.948. The van der Waals surface area contributed by atoms with Gasteiger partial charge in [0.25, 0.3) is 0 Å². The molecule has 0 unspecified atom stereocenters. The highest BCUT2D eigenvalue weighted by atomic mass is 32.1. The van der Waals surface area contributed by atoms with E-state index in [1.54, 1.807) is 12.4 Å². The Morgan fingerprint density at radius 2 is 1.05 bits per heavy atom. The van der Waals surface area contributed by atoms with Crippen molar-refractivity contribution in [2.75, 3.05) is 0 Å². The molecule has 43 heavy (non-hydrogen) atoms. The molecule has 8 aromatic carbocycles. The summed E-state index contributed by atoms with van der Waals surface area (Å²) in [5.41, 5.74) is 6.85. The van der Waals surface area contributed by atoms with Gasteiger partial charge in [-0.3, -0.25) is 9.97 Å². The SMILES string of the molecule is c1cc2ccc3ccc(-c4ccc5cc(-c6ccc7c8ccccc8c8nccnc8c7c6)ccc5c4)c4sc(c1)c2c34. The predicted octanol–water partition coefficient (Wildman–Crippen LogP) is 11.4. The molecular weight excluding hydrogens is 541 g/mol. The Kier molecular flexibility index (Phi) is 4.63. The van der Waals surface area contributed by atoms with Gasteiger partial charge in [0.1, 0.15) is 0 Å². The number of rotatable bonds is 2. The van der Waals surface area contributed by atoms with Crippen molar-refractivity contribution in [3.05, 3.63) is 134 Å². The topological polar surface area (TPSA) is 25.8 Å². The Labute approximate surface area is 250 Å². The normalized spacial score (nSPS) is 12.2. The molecule has 198 valence electrons. The van der Waals surface area contributed by atoms with Crippen LogP contribution in [0.15, 0.2) is 134 Å². The van der Waals surface area contributed by atoms with Crippen LogP contribution in [-0.4, -0.2) is 9.97 Å². The zero-order valence-corrected chi connectivity index (χ0v) is 23.8.